The maximum atomic E-state index is 10.3. The van der Waals surface area contributed by atoms with Crippen LogP contribution in [0.3, 0.4) is 0 Å². The van der Waals surface area contributed by atoms with E-state index in [0.29, 0.717) is 6.42 Å². The fraction of sp³-hybridized carbons (Fsp3) is 0.842. The molecule has 0 aromatic rings. The molecule has 23 heavy (non-hydrogen) atoms. The van der Waals surface area contributed by atoms with Crippen LogP contribution < -0.4 is 5.73 Å². The minimum Gasteiger partial charge on any atom is -0.481 e. The van der Waals surface area contributed by atoms with E-state index >= 15 is 0 Å². The summed E-state index contributed by atoms with van der Waals surface area (Å²) in [6.45, 7) is 4.12. The number of unbranched alkanes of at least 4 members (excludes halogenated alkanes) is 7. The lowest BCUT2D eigenvalue weighted by atomic mass is 10.1. The van der Waals surface area contributed by atoms with E-state index in [-0.39, 0.29) is 0 Å². The summed E-state index contributed by atoms with van der Waals surface area (Å²) in [5, 5.41) is 8.45. The molecule has 0 aromatic carbocycles. The summed E-state index contributed by atoms with van der Waals surface area (Å²) >= 11 is 0. The summed E-state index contributed by atoms with van der Waals surface area (Å²) in [6.07, 6.45) is 16.5. The van der Waals surface area contributed by atoms with Gasteiger partial charge in [-0.1, -0.05) is 51.2 Å². The second-order valence-corrected chi connectivity index (χ2v) is 6.26. The number of hydrogen-bond donors (Lipinski definition) is 2. The van der Waals surface area contributed by atoms with Gasteiger partial charge in [0, 0.05) is 6.42 Å². The number of nitrogens with zero attached hydrogens (tertiary/aromatic N) is 1. The molecular weight excluding hydrogens is 288 g/mol. The summed E-state index contributed by atoms with van der Waals surface area (Å²) in [5.74, 6) is -0.668. The van der Waals surface area contributed by atoms with Crippen molar-refractivity contribution in [3.05, 3.63) is 12.2 Å². The average Bonchev–Trinajstić information content (AvgIpc) is 2.51. The molecule has 0 atom stereocenters. The molecule has 138 valence electrons. The lowest BCUT2D eigenvalue weighted by molar-refractivity contribution is -0.137. The van der Waals surface area contributed by atoms with Gasteiger partial charge in [0.05, 0.1) is 0 Å². The smallest absolute Gasteiger partial charge is 0.303 e. The third kappa shape index (κ3) is 29.7. The lowest BCUT2D eigenvalue weighted by Crippen LogP contribution is -2.16. The first-order chi connectivity index (χ1) is 11.0. The predicted molar refractivity (Wildman–Crippen MR) is 101 cm³/mol. The third-order valence-electron chi connectivity index (χ3n) is 3.46. The van der Waals surface area contributed by atoms with E-state index in [1.807, 2.05) is 0 Å². The number of nitrogens with two attached hydrogens (primary N) is 1. The molecule has 0 spiro atoms. The Kier molecular flexibility index (Phi) is 22.4. The summed E-state index contributed by atoms with van der Waals surface area (Å²) in [6, 6.07) is 0. The van der Waals surface area contributed by atoms with Gasteiger partial charge in [0.15, 0.2) is 0 Å². The van der Waals surface area contributed by atoms with Crippen molar-refractivity contribution in [1.29, 1.82) is 0 Å². The van der Waals surface area contributed by atoms with Gasteiger partial charge in [0.25, 0.3) is 0 Å². The number of carboxylic acid groups (broad SMARTS) is 1. The second-order valence-electron chi connectivity index (χ2n) is 6.26. The second kappa shape index (κ2) is 21.1. The van der Waals surface area contributed by atoms with Crippen LogP contribution in [0.15, 0.2) is 12.2 Å². The van der Waals surface area contributed by atoms with Crippen LogP contribution in [0.2, 0.25) is 0 Å². The SMILES string of the molecule is CCCC/C=C\CCCCCCCC(=O)O.CN(C)CCCN. The fourth-order valence-electron chi connectivity index (χ4n) is 2.03. The van der Waals surface area contributed by atoms with Gasteiger partial charge in [-0.3, -0.25) is 4.79 Å². The third-order valence-corrected chi connectivity index (χ3v) is 3.46. The number of carboxylic acids is 1. The fourth-order valence-corrected chi connectivity index (χ4v) is 2.03. The Hall–Kier alpha value is -0.870. The highest BCUT2D eigenvalue weighted by Gasteiger charge is 1.95. The molecule has 0 bridgehead atoms. The topological polar surface area (TPSA) is 66.6 Å². The van der Waals surface area contributed by atoms with Gasteiger partial charge >= 0.3 is 5.97 Å². The Morgan fingerprint density at radius 3 is 2.00 bits per heavy atom. The molecule has 0 aliphatic carbocycles. The normalized spacial score (nSPS) is 10.8. The molecule has 0 heterocycles. The van der Waals surface area contributed by atoms with Crippen LogP contribution >= 0.6 is 0 Å². The molecular formula is C19H40N2O2. The Balaban J connectivity index is 0. The van der Waals surface area contributed by atoms with Crippen LogP contribution in [0.5, 0.6) is 0 Å². The van der Waals surface area contributed by atoms with Gasteiger partial charge in [-0.25, -0.2) is 0 Å². The summed E-state index contributed by atoms with van der Waals surface area (Å²) < 4.78 is 0. The van der Waals surface area contributed by atoms with Gasteiger partial charge in [-0.05, 0) is 59.3 Å². The van der Waals surface area contributed by atoms with E-state index in [9.17, 15) is 4.79 Å². The average molecular weight is 329 g/mol. The highest BCUT2D eigenvalue weighted by molar-refractivity contribution is 5.66. The highest BCUT2D eigenvalue weighted by atomic mass is 16.4. The van der Waals surface area contributed by atoms with Crippen LogP contribution in [0.4, 0.5) is 0 Å². The zero-order valence-corrected chi connectivity index (χ0v) is 15.7. The monoisotopic (exact) mass is 328 g/mol. The largest absolute Gasteiger partial charge is 0.481 e. The van der Waals surface area contributed by atoms with Crippen LogP contribution in [-0.4, -0.2) is 43.2 Å². The minimum atomic E-state index is -0.668. The van der Waals surface area contributed by atoms with Crippen molar-refractivity contribution in [2.24, 2.45) is 5.73 Å². The molecule has 0 aliphatic heterocycles. The van der Waals surface area contributed by atoms with E-state index in [0.717, 1.165) is 32.4 Å². The van der Waals surface area contributed by atoms with E-state index in [1.165, 1.54) is 44.9 Å². The van der Waals surface area contributed by atoms with Gasteiger partial charge in [-0.15, -0.1) is 0 Å². The van der Waals surface area contributed by atoms with Crippen LogP contribution in [0, 0.1) is 0 Å². The molecule has 0 aromatic heterocycles. The van der Waals surface area contributed by atoms with Crippen LogP contribution in [0.25, 0.3) is 0 Å². The number of carbonyl (C=O) groups is 1. The quantitative estimate of drug-likeness (QED) is 0.365. The van der Waals surface area contributed by atoms with Crippen molar-refractivity contribution >= 4 is 5.97 Å². The number of rotatable bonds is 14. The Morgan fingerprint density at radius 2 is 1.52 bits per heavy atom. The van der Waals surface area contributed by atoms with Crippen LogP contribution in [0.1, 0.15) is 77.6 Å². The maximum absolute atomic E-state index is 10.3. The van der Waals surface area contributed by atoms with E-state index in [1.54, 1.807) is 0 Å². The van der Waals surface area contributed by atoms with Gasteiger partial charge < -0.3 is 15.7 Å². The van der Waals surface area contributed by atoms with Gasteiger partial charge in [0.1, 0.15) is 0 Å². The first-order valence-electron chi connectivity index (χ1n) is 9.26. The Bertz CT molecular complexity index is 266. The van der Waals surface area contributed by atoms with E-state index < -0.39 is 5.97 Å². The summed E-state index contributed by atoms with van der Waals surface area (Å²) in [5.41, 5.74) is 5.25. The van der Waals surface area contributed by atoms with Crippen molar-refractivity contribution in [3.63, 3.8) is 0 Å². The molecule has 0 amide bonds. The molecule has 0 aliphatic rings. The molecule has 0 fully saturated rings. The molecule has 3 N–H and O–H groups in total. The van der Waals surface area contributed by atoms with Crippen molar-refractivity contribution in [3.8, 4) is 0 Å². The zero-order chi connectivity index (χ0) is 17.8. The molecule has 0 saturated heterocycles. The molecule has 4 heteroatoms. The van der Waals surface area contributed by atoms with E-state index in [4.69, 9.17) is 10.8 Å². The zero-order valence-electron chi connectivity index (χ0n) is 15.7. The number of hydrogen-bond acceptors (Lipinski definition) is 3. The van der Waals surface area contributed by atoms with Gasteiger partial charge in [-0.2, -0.15) is 0 Å². The van der Waals surface area contributed by atoms with Crippen molar-refractivity contribution in [2.75, 3.05) is 27.2 Å². The standard InChI is InChI=1S/C14H26O2.C5H14N2/c1-2-3-4-5-6-7-8-9-10-11-12-13-14(15)16;1-7(2)5-3-4-6/h5-6H,2-4,7-13H2,1H3,(H,15,16);3-6H2,1-2H3/b6-5-;. The van der Waals surface area contributed by atoms with Gasteiger partial charge in [0.2, 0.25) is 0 Å². The minimum absolute atomic E-state index is 0.330. The molecule has 4 nitrogen and oxygen atoms in total. The molecule has 0 rings (SSSR count). The Labute approximate surface area is 144 Å². The first kappa shape index (κ1) is 24.4. The summed E-state index contributed by atoms with van der Waals surface area (Å²) in [7, 11) is 4.10. The lowest BCUT2D eigenvalue weighted by Gasteiger charge is -2.05. The van der Waals surface area contributed by atoms with E-state index in [2.05, 4.69) is 38.1 Å². The maximum Gasteiger partial charge on any atom is 0.303 e. The predicted octanol–water partition coefficient (Wildman–Crippen LogP) is 4.44. The van der Waals surface area contributed by atoms with Crippen molar-refractivity contribution < 1.29 is 9.90 Å². The molecule has 0 unspecified atom stereocenters. The first-order valence-corrected chi connectivity index (χ1v) is 9.26. The molecule has 0 saturated carbocycles. The van der Waals surface area contributed by atoms with Crippen molar-refractivity contribution in [2.45, 2.75) is 77.6 Å². The highest BCUT2D eigenvalue weighted by Crippen LogP contribution is 2.08. The number of aliphatic carboxylic acids is 1. The Morgan fingerprint density at radius 1 is 0.957 bits per heavy atom. The molecule has 0 radical (unpaired) electrons. The summed E-state index contributed by atoms with van der Waals surface area (Å²) in [4.78, 5) is 12.4. The van der Waals surface area contributed by atoms with Crippen molar-refractivity contribution in [1.82, 2.24) is 4.90 Å². The van der Waals surface area contributed by atoms with Crippen LogP contribution in [-0.2, 0) is 4.79 Å². The number of allylic oxidation sites excluding steroid dienone is 2.